The summed E-state index contributed by atoms with van der Waals surface area (Å²) in [6, 6.07) is 9.88. The molecule has 1 atom stereocenters. The average molecular weight is 382 g/mol. The number of hydrogen-bond donors (Lipinski definition) is 0. The van der Waals surface area contributed by atoms with Gasteiger partial charge in [-0.15, -0.1) is 0 Å². The lowest BCUT2D eigenvalue weighted by atomic mass is 10.0. The van der Waals surface area contributed by atoms with Gasteiger partial charge in [0.05, 0.1) is 10.0 Å². The molecule has 0 N–H and O–H groups in total. The normalized spacial score (nSPS) is 12.5. The molecule has 0 heterocycles. The van der Waals surface area contributed by atoms with Crippen molar-refractivity contribution in [2.75, 3.05) is 0 Å². The molecule has 0 nitrogen and oxygen atoms in total. The second-order valence-electron chi connectivity index (χ2n) is 4.09. The Kier molecular flexibility index (Phi) is 5.13. The third-order valence-electron chi connectivity index (χ3n) is 2.69. The van der Waals surface area contributed by atoms with Crippen molar-refractivity contribution in [1.82, 2.24) is 0 Å². The van der Waals surface area contributed by atoms with Crippen LogP contribution in [-0.2, 0) is 6.42 Å². The first-order valence-electron chi connectivity index (χ1n) is 5.50. The smallest absolute Gasteiger partial charge is 0.127 e. The minimum absolute atomic E-state index is 0.177. The lowest BCUT2D eigenvalue weighted by molar-refractivity contribution is 0.608. The quantitative estimate of drug-likeness (QED) is 0.534. The van der Waals surface area contributed by atoms with E-state index in [-0.39, 0.29) is 10.6 Å². The summed E-state index contributed by atoms with van der Waals surface area (Å²) in [5, 5.41) is 1.51. The summed E-state index contributed by atoms with van der Waals surface area (Å²) in [5.41, 5.74) is 1.49. The van der Waals surface area contributed by atoms with E-state index in [0.29, 0.717) is 27.1 Å². The third-order valence-corrected chi connectivity index (χ3v) is 4.49. The lowest BCUT2D eigenvalue weighted by Crippen LogP contribution is -1.98. The predicted octanol–water partition coefficient (Wildman–Crippen LogP) is 6.46. The number of rotatable bonds is 3. The van der Waals surface area contributed by atoms with Gasteiger partial charge in [0.1, 0.15) is 5.82 Å². The van der Waals surface area contributed by atoms with Gasteiger partial charge in [0, 0.05) is 15.4 Å². The summed E-state index contributed by atoms with van der Waals surface area (Å²) >= 11 is 21.2. The molecule has 0 fully saturated rings. The minimum Gasteiger partial charge on any atom is -0.207 e. The molecule has 100 valence electrons. The first kappa shape index (κ1) is 15.1. The monoisotopic (exact) mass is 380 g/mol. The number of benzene rings is 2. The second kappa shape index (κ2) is 6.45. The van der Waals surface area contributed by atoms with Crippen LogP contribution in [0.25, 0.3) is 0 Å². The van der Waals surface area contributed by atoms with E-state index in [2.05, 4.69) is 15.9 Å². The number of hydrogen-bond acceptors (Lipinski definition) is 0. The zero-order chi connectivity index (χ0) is 14.0. The van der Waals surface area contributed by atoms with E-state index in [9.17, 15) is 4.39 Å². The number of halogens is 5. The molecule has 0 radical (unpaired) electrons. The van der Waals surface area contributed by atoms with Crippen LogP contribution < -0.4 is 0 Å². The van der Waals surface area contributed by atoms with Gasteiger partial charge in [0.25, 0.3) is 0 Å². The molecule has 0 aliphatic rings. The molecule has 2 aromatic carbocycles. The first-order chi connectivity index (χ1) is 8.97. The van der Waals surface area contributed by atoms with Gasteiger partial charge in [-0.1, -0.05) is 56.8 Å². The van der Waals surface area contributed by atoms with Crippen LogP contribution in [0.2, 0.25) is 15.1 Å². The SMILES string of the molecule is Fc1ccc(Cl)cc1C(Br)Cc1ccc(Cl)c(Cl)c1. The molecule has 0 amide bonds. The fourth-order valence-corrected chi connectivity index (χ4v) is 2.96. The van der Waals surface area contributed by atoms with E-state index in [1.807, 2.05) is 6.07 Å². The van der Waals surface area contributed by atoms with Gasteiger partial charge in [0.2, 0.25) is 0 Å². The summed E-state index contributed by atoms with van der Waals surface area (Å²) in [6.07, 6.45) is 0.591. The van der Waals surface area contributed by atoms with Crippen LogP contribution in [0.4, 0.5) is 4.39 Å². The van der Waals surface area contributed by atoms with Crippen molar-refractivity contribution in [2.24, 2.45) is 0 Å². The molecular formula is C14H9BrCl3F. The zero-order valence-electron chi connectivity index (χ0n) is 9.64. The summed E-state index contributed by atoms with van der Waals surface area (Å²) < 4.78 is 13.7. The van der Waals surface area contributed by atoms with Crippen LogP contribution in [0.5, 0.6) is 0 Å². The maximum Gasteiger partial charge on any atom is 0.127 e. The highest BCUT2D eigenvalue weighted by atomic mass is 79.9. The topological polar surface area (TPSA) is 0 Å². The van der Waals surface area contributed by atoms with Gasteiger partial charge in [-0.25, -0.2) is 4.39 Å². The summed E-state index contributed by atoms with van der Waals surface area (Å²) in [6.45, 7) is 0. The fraction of sp³-hybridized carbons (Fsp3) is 0.143. The van der Waals surface area contributed by atoms with Crippen molar-refractivity contribution in [3.63, 3.8) is 0 Å². The molecule has 2 rings (SSSR count). The Morgan fingerprint density at radius 1 is 1.00 bits per heavy atom. The molecule has 1 unspecified atom stereocenters. The van der Waals surface area contributed by atoms with Gasteiger partial charge in [-0.05, 0) is 42.3 Å². The van der Waals surface area contributed by atoms with Gasteiger partial charge in [-0.3, -0.25) is 0 Å². The Hall–Kier alpha value is -0.280. The Morgan fingerprint density at radius 3 is 2.42 bits per heavy atom. The van der Waals surface area contributed by atoms with Crippen LogP contribution in [0.3, 0.4) is 0 Å². The van der Waals surface area contributed by atoms with E-state index in [0.717, 1.165) is 5.56 Å². The van der Waals surface area contributed by atoms with Crippen LogP contribution in [-0.4, -0.2) is 0 Å². The van der Waals surface area contributed by atoms with Crippen molar-refractivity contribution in [2.45, 2.75) is 11.2 Å². The number of alkyl halides is 1. The molecule has 0 saturated carbocycles. The van der Waals surface area contributed by atoms with E-state index >= 15 is 0 Å². The molecule has 0 spiro atoms. The molecule has 0 aliphatic heterocycles. The van der Waals surface area contributed by atoms with E-state index < -0.39 is 0 Å². The van der Waals surface area contributed by atoms with Gasteiger partial charge in [0.15, 0.2) is 0 Å². The highest BCUT2D eigenvalue weighted by molar-refractivity contribution is 9.09. The Bertz CT molecular complexity index is 601. The standard InChI is InChI=1S/C14H9BrCl3F/c15-11(10-7-9(16)2-4-14(10)19)5-8-1-3-12(17)13(18)6-8/h1-4,6-7,11H,5H2. The summed E-state index contributed by atoms with van der Waals surface area (Å²) in [7, 11) is 0. The van der Waals surface area contributed by atoms with Crippen molar-refractivity contribution in [3.05, 3.63) is 68.4 Å². The molecule has 0 aromatic heterocycles. The van der Waals surface area contributed by atoms with Crippen molar-refractivity contribution >= 4 is 50.7 Å². The van der Waals surface area contributed by atoms with Gasteiger partial charge < -0.3 is 0 Å². The van der Waals surface area contributed by atoms with Gasteiger partial charge >= 0.3 is 0 Å². The van der Waals surface area contributed by atoms with E-state index in [1.165, 1.54) is 12.1 Å². The molecule has 0 bridgehead atoms. The fourth-order valence-electron chi connectivity index (χ4n) is 1.74. The lowest BCUT2D eigenvalue weighted by Gasteiger charge is -2.12. The van der Waals surface area contributed by atoms with Crippen molar-refractivity contribution in [3.8, 4) is 0 Å². The average Bonchev–Trinajstić information content (AvgIpc) is 2.36. The third kappa shape index (κ3) is 3.85. The highest BCUT2D eigenvalue weighted by Crippen LogP contribution is 2.32. The molecule has 0 saturated heterocycles. The van der Waals surface area contributed by atoms with E-state index in [4.69, 9.17) is 34.8 Å². The first-order valence-corrected chi connectivity index (χ1v) is 7.55. The van der Waals surface area contributed by atoms with Crippen LogP contribution >= 0.6 is 50.7 Å². The van der Waals surface area contributed by atoms with Crippen molar-refractivity contribution < 1.29 is 4.39 Å². The maximum atomic E-state index is 13.7. The van der Waals surface area contributed by atoms with Crippen LogP contribution in [0.1, 0.15) is 16.0 Å². The van der Waals surface area contributed by atoms with Gasteiger partial charge in [-0.2, -0.15) is 0 Å². The van der Waals surface area contributed by atoms with Crippen LogP contribution in [0.15, 0.2) is 36.4 Å². The molecule has 0 aliphatic carbocycles. The zero-order valence-corrected chi connectivity index (χ0v) is 13.5. The molecule has 5 heteroatoms. The summed E-state index contributed by atoms with van der Waals surface area (Å²) in [5.74, 6) is -0.286. The van der Waals surface area contributed by atoms with Crippen molar-refractivity contribution in [1.29, 1.82) is 0 Å². The second-order valence-corrected chi connectivity index (χ2v) is 6.44. The molecule has 2 aromatic rings. The predicted molar refractivity (Wildman–Crippen MR) is 83.2 cm³/mol. The Balaban J connectivity index is 2.22. The largest absolute Gasteiger partial charge is 0.207 e. The molecule has 19 heavy (non-hydrogen) atoms. The van der Waals surface area contributed by atoms with Crippen LogP contribution in [0, 0.1) is 5.82 Å². The minimum atomic E-state index is -0.286. The maximum absolute atomic E-state index is 13.7. The highest BCUT2D eigenvalue weighted by Gasteiger charge is 2.14. The van der Waals surface area contributed by atoms with E-state index in [1.54, 1.807) is 18.2 Å². The Labute approximate surface area is 134 Å². The Morgan fingerprint density at radius 2 is 1.74 bits per heavy atom. The summed E-state index contributed by atoms with van der Waals surface area (Å²) in [4.78, 5) is -0.177. The molecular weight excluding hydrogens is 373 g/mol.